The zero-order chi connectivity index (χ0) is 28.5. The molecule has 6 nitrogen and oxygen atoms in total. The van der Waals surface area contributed by atoms with Gasteiger partial charge in [0.1, 0.15) is 23.6 Å². The fourth-order valence-corrected chi connectivity index (χ4v) is 4.82. The Labute approximate surface area is 252 Å². The SMILES string of the molecule is COCc1cc(C)cc(C=NC(c2ccccc2)C(N=Cc2cc(C)cc(COC)c2O)c2ccccc2)c1O.[Ni]. The van der Waals surface area contributed by atoms with Crippen molar-refractivity contribution < 1.29 is 36.2 Å². The number of aromatic hydroxyl groups is 2. The van der Waals surface area contributed by atoms with Crippen molar-refractivity contribution >= 4 is 12.4 Å². The van der Waals surface area contributed by atoms with E-state index in [0.717, 1.165) is 22.3 Å². The van der Waals surface area contributed by atoms with Gasteiger partial charge in [-0.3, -0.25) is 9.98 Å². The molecule has 4 aromatic rings. The van der Waals surface area contributed by atoms with Gasteiger partial charge in [0.2, 0.25) is 0 Å². The smallest absolute Gasteiger partial charge is 0.129 e. The average Bonchev–Trinajstić information content (AvgIpc) is 2.96. The van der Waals surface area contributed by atoms with E-state index in [1.165, 1.54) is 0 Å². The summed E-state index contributed by atoms with van der Waals surface area (Å²) in [5, 5.41) is 21.8. The number of methoxy groups -OCH3 is 2. The molecular formula is C34H36N2NiO4. The summed E-state index contributed by atoms with van der Waals surface area (Å²) in [7, 11) is 3.21. The van der Waals surface area contributed by atoms with E-state index >= 15 is 0 Å². The predicted octanol–water partition coefficient (Wildman–Crippen LogP) is 7.03. The summed E-state index contributed by atoms with van der Waals surface area (Å²) in [5.74, 6) is 0.302. The second kappa shape index (κ2) is 15.3. The minimum Gasteiger partial charge on any atom is -0.507 e. The Balaban J connectivity index is 0.00000462. The summed E-state index contributed by atoms with van der Waals surface area (Å²) < 4.78 is 10.5. The van der Waals surface area contributed by atoms with Crippen LogP contribution in [-0.2, 0) is 39.2 Å². The van der Waals surface area contributed by atoms with Crippen LogP contribution in [0.1, 0.15) is 56.6 Å². The van der Waals surface area contributed by atoms with E-state index in [1.54, 1.807) is 26.6 Å². The Bertz CT molecular complexity index is 1360. The number of benzene rings is 4. The van der Waals surface area contributed by atoms with Crippen LogP contribution >= 0.6 is 0 Å². The second-order valence-electron chi connectivity index (χ2n) is 9.86. The molecule has 0 radical (unpaired) electrons. The fourth-order valence-electron chi connectivity index (χ4n) is 4.82. The van der Waals surface area contributed by atoms with Crippen LogP contribution < -0.4 is 0 Å². The molecule has 41 heavy (non-hydrogen) atoms. The van der Waals surface area contributed by atoms with E-state index in [1.807, 2.05) is 98.8 Å². The Morgan fingerprint density at radius 2 is 1.00 bits per heavy atom. The Hall–Kier alpha value is -3.77. The summed E-state index contributed by atoms with van der Waals surface area (Å²) in [6, 6.07) is 26.8. The van der Waals surface area contributed by atoms with Gasteiger partial charge in [-0.1, -0.05) is 72.8 Å². The molecular weight excluding hydrogens is 559 g/mol. The molecule has 0 aliphatic heterocycles. The molecule has 0 spiro atoms. The molecule has 0 saturated heterocycles. The van der Waals surface area contributed by atoms with E-state index in [-0.39, 0.29) is 28.0 Å². The summed E-state index contributed by atoms with van der Waals surface area (Å²) >= 11 is 0. The summed E-state index contributed by atoms with van der Waals surface area (Å²) in [6.45, 7) is 4.57. The van der Waals surface area contributed by atoms with Crippen LogP contribution in [0.3, 0.4) is 0 Å². The van der Waals surface area contributed by atoms with Crippen LogP contribution in [0, 0.1) is 13.8 Å². The van der Waals surface area contributed by atoms with E-state index in [9.17, 15) is 10.2 Å². The number of phenols is 2. The third kappa shape index (κ3) is 8.14. The molecule has 0 heterocycles. The standard InChI is InChI=1S/C34H36N2O4.Ni/c1-23-15-27(33(37)29(17-23)21-39-3)19-35-31(25-11-7-5-8-12-25)32(26-13-9-6-10-14-26)36-20-28-16-24(2)18-30(22-40-4)34(28)38;/h5-20,31-32,37-38H,21-22H2,1-4H3;. The van der Waals surface area contributed by atoms with Crippen LogP contribution in [-0.4, -0.2) is 36.9 Å². The summed E-state index contributed by atoms with van der Waals surface area (Å²) in [4.78, 5) is 10.0. The van der Waals surface area contributed by atoms with Gasteiger partial charge in [0.15, 0.2) is 0 Å². The van der Waals surface area contributed by atoms with Gasteiger partial charge in [-0.15, -0.1) is 0 Å². The number of aryl methyl sites for hydroxylation is 2. The van der Waals surface area contributed by atoms with E-state index in [4.69, 9.17) is 19.5 Å². The minimum absolute atomic E-state index is 0. The van der Waals surface area contributed by atoms with E-state index in [2.05, 4.69) is 0 Å². The van der Waals surface area contributed by atoms with Gasteiger partial charge in [0.25, 0.3) is 0 Å². The first-order chi connectivity index (χ1) is 19.4. The second-order valence-corrected chi connectivity index (χ2v) is 9.86. The zero-order valence-electron chi connectivity index (χ0n) is 23.7. The third-order valence-electron chi connectivity index (χ3n) is 6.65. The molecule has 2 atom stereocenters. The molecule has 7 heteroatoms. The van der Waals surface area contributed by atoms with Crippen LogP contribution in [0.4, 0.5) is 0 Å². The minimum atomic E-state index is -0.406. The van der Waals surface area contributed by atoms with Crippen molar-refractivity contribution in [3.63, 3.8) is 0 Å². The number of phenolic OH excluding ortho intramolecular Hbond substituents is 2. The molecule has 2 N–H and O–H groups in total. The first-order valence-electron chi connectivity index (χ1n) is 13.2. The van der Waals surface area contributed by atoms with Crippen molar-refractivity contribution in [3.8, 4) is 11.5 Å². The van der Waals surface area contributed by atoms with Crippen molar-refractivity contribution in [3.05, 3.63) is 129 Å². The van der Waals surface area contributed by atoms with Crippen molar-refractivity contribution in [2.45, 2.75) is 39.1 Å². The van der Waals surface area contributed by atoms with Crippen LogP contribution in [0.15, 0.2) is 94.9 Å². The van der Waals surface area contributed by atoms with Gasteiger partial charge in [0.05, 0.1) is 13.2 Å². The van der Waals surface area contributed by atoms with Gasteiger partial charge in [-0.25, -0.2) is 0 Å². The maximum absolute atomic E-state index is 10.9. The number of aliphatic imine (C=N–C) groups is 2. The number of ether oxygens (including phenoxy) is 2. The van der Waals surface area contributed by atoms with Crippen molar-refractivity contribution in [1.29, 1.82) is 0 Å². The molecule has 4 aromatic carbocycles. The van der Waals surface area contributed by atoms with Crippen molar-refractivity contribution in [2.75, 3.05) is 14.2 Å². The first kappa shape index (κ1) is 31.8. The Kier molecular flexibility index (Phi) is 11.8. The molecule has 0 amide bonds. The monoisotopic (exact) mass is 594 g/mol. The quantitative estimate of drug-likeness (QED) is 0.144. The summed E-state index contributed by atoms with van der Waals surface area (Å²) in [5.41, 5.74) is 6.60. The van der Waals surface area contributed by atoms with Gasteiger partial charge >= 0.3 is 0 Å². The number of rotatable bonds is 11. The summed E-state index contributed by atoms with van der Waals surface area (Å²) in [6.07, 6.45) is 3.43. The molecule has 216 valence electrons. The van der Waals surface area contributed by atoms with Crippen LogP contribution in [0.2, 0.25) is 0 Å². The van der Waals surface area contributed by atoms with E-state index in [0.29, 0.717) is 35.5 Å². The first-order valence-corrected chi connectivity index (χ1v) is 13.2. The Morgan fingerprint density at radius 1 is 0.634 bits per heavy atom. The zero-order valence-corrected chi connectivity index (χ0v) is 24.7. The molecule has 2 unspecified atom stereocenters. The maximum atomic E-state index is 10.9. The van der Waals surface area contributed by atoms with Gasteiger partial charge in [-0.2, -0.15) is 0 Å². The number of hydrogen-bond donors (Lipinski definition) is 2. The molecule has 0 aromatic heterocycles. The number of nitrogens with zero attached hydrogens (tertiary/aromatic N) is 2. The fraction of sp³-hybridized carbons (Fsp3) is 0.235. The van der Waals surface area contributed by atoms with Crippen molar-refractivity contribution in [1.82, 2.24) is 0 Å². The molecule has 0 aliphatic rings. The molecule has 4 rings (SSSR count). The molecule has 0 aliphatic carbocycles. The average molecular weight is 595 g/mol. The molecule has 0 bridgehead atoms. The maximum Gasteiger partial charge on any atom is 0.129 e. The Morgan fingerprint density at radius 3 is 1.34 bits per heavy atom. The predicted molar refractivity (Wildman–Crippen MR) is 161 cm³/mol. The largest absolute Gasteiger partial charge is 0.507 e. The normalized spacial score (nSPS) is 12.9. The molecule has 0 fully saturated rings. The number of hydrogen-bond acceptors (Lipinski definition) is 6. The van der Waals surface area contributed by atoms with Gasteiger partial charge < -0.3 is 19.7 Å². The van der Waals surface area contributed by atoms with E-state index < -0.39 is 12.1 Å². The van der Waals surface area contributed by atoms with Crippen molar-refractivity contribution in [2.24, 2.45) is 9.98 Å². The molecule has 0 saturated carbocycles. The van der Waals surface area contributed by atoms with Gasteiger partial charge in [-0.05, 0) is 48.2 Å². The third-order valence-corrected chi connectivity index (χ3v) is 6.65. The van der Waals surface area contributed by atoms with Crippen LogP contribution in [0.25, 0.3) is 0 Å². The van der Waals surface area contributed by atoms with Crippen LogP contribution in [0.5, 0.6) is 11.5 Å². The van der Waals surface area contributed by atoms with Gasteiger partial charge in [0, 0.05) is 65.4 Å². The topological polar surface area (TPSA) is 83.6 Å².